The third-order valence-corrected chi connectivity index (χ3v) is 3.36. The van der Waals surface area contributed by atoms with Gasteiger partial charge in [-0.25, -0.2) is 0 Å². The van der Waals surface area contributed by atoms with Gasteiger partial charge in [0.2, 0.25) is 11.7 Å². The van der Waals surface area contributed by atoms with Crippen LogP contribution in [-0.4, -0.2) is 39.3 Å². The zero-order valence-electron chi connectivity index (χ0n) is 12.9. The van der Waals surface area contributed by atoms with E-state index in [0.717, 1.165) is 18.5 Å². The molecular weight excluding hydrogens is 272 g/mol. The van der Waals surface area contributed by atoms with Crippen molar-refractivity contribution in [3.05, 3.63) is 12.1 Å². The molecule has 1 aromatic rings. The van der Waals surface area contributed by atoms with E-state index in [-0.39, 0.29) is 11.9 Å². The normalized spacial score (nSPS) is 15.0. The fourth-order valence-electron chi connectivity index (χ4n) is 2.03. The highest BCUT2D eigenvalue weighted by Gasteiger charge is 2.25. The third kappa shape index (κ3) is 3.71. The molecule has 1 saturated carbocycles. The first-order valence-electron chi connectivity index (χ1n) is 6.96. The molecule has 1 aromatic carbocycles. The molecule has 2 N–H and O–H groups in total. The van der Waals surface area contributed by atoms with Crippen LogP contribution < -0.4 is 24.8 Å². The van der Waals surface area contributed by atoms with Crippen LogP contribution in [0.5, 0.6) is 17.2 Å². The lowest BCUT2D eigenvalue weighted by Crippen LogP contribution is -2.38. The van der Waals surface area contributed by atoms with Crippen molar-refractivity contribution in [3.8, 4) is 17.2 Å². The van der Waals surface area contributed by atoms with E-state index >= 15 is 0 Å². The minimum absolute atomic E-state index is 0.00810. The van der Waals surface area contributed by atoms with Crippen LogP contribution in [-0.2, 0) is 4.79 Å². The third-order valence-electron chi connectivity index (χ3n) is 3.36. The number of methoxy groups -OCH3 is 3. The van der Waals surface area contributed by atoms with Crippen LogP contribution in [0, 0.1) is 0 Å². The van der Waals surface area contributed by atoms with Crippen molar-refractivity contribution in [2.75, 3.05) is 26.6 Å². The van der Waals surface area contributed by atoms with E-state index in [9.17, 15) is 4.79 Å². The van der Waals surface area contributed by atoms with Crippen molar-refractivity contribution in [3.63, 3.8) is 0 Å². The van der Waals surface area contributed by atoms with E-state index in [1.54, 1.807) is 33.5 Å². The van der Waals surface area contributed by atoms with Gasteiger partial charge in [0, 0.05) is 23.9 Å². The summed E-state index contributed by atoms with van der Waals surface area (Å²) in [5.74, 6) is 1.62. The number of anilines is 1. The Balaban J connectivity index is 2.13. The lowest BCUT2D eigenvalue weighted by molar-refractivity contribution is -0.121. The molecule has 0 bridgehead atoms. The predicted molar refractivity (Wildman–Crippen MR) is 80.3 cm³/mol. The SMILES string of the molecule is COc1cc(NC(C)C(=O)NC2CC2)cc(OC)c1OC. The van der Waals surface area contributed by atoms with Crippen molar-refractivity contribution in [2.45, 2.75) is 31.8 Å². The molecule has 6 nitrogen and oxygen atoms in total. The first-order chi connectivity index (χ1) is 10.1. The average molecular weight is 294 g/mol. The number of amides is 1. The second-order valence-electron chi connectivity index (χ2n) is 5.06. The molecule has 0 saturated heterocycles. The van der Waals surface area contributed by atoms with Crippen LogP contribution in [0.3, 0.4) is 0 Å². The van der Waals surface area contributed by atoms with Gasteiger partial charge in [0.25, 0.3) is 0 Å². The number of hydrogen-bond donors (Lipinski definition) is 2. The van der Waals surface area contributed by atoms with Crippen molar-refractivity contribution in [1.29, 1.82) is 0 Å². The molecule has 1 aliphatic rings. The van der Waals surface area contributed by atoms with Crippen LogP contribution in [0.1, 0.15) is 19.8 Å². The number of benzene rings is 1. The zero-order valence-corrected chi connectivity index (χ0v) is 12.9. The molecule has 1 fully saturated rings. The fraction of sp³-hybridized carbons (Fsp3) is 0.533. The average Bonchev–Trinajstić information content (AvgIpc) is 3.29. The molecule has 1 aliphatic carbocycles. The van der Waals surface area contributed by atoms with E-state index in [1.807, 2.05) is 6.92 Å². The largest absolute Gasteiger partial charge is 0.493 e. The first-order valence-corrected chi connectivity index (χ1v) is 6.96. The Hall–Kier alpha value is -2.11. The molecular formula is C15H22N2O4. The van der Waals surface area contributed by atoms with E-state index < -0.39 is 0 Å². The van der Waals surface area contributed by atoms with Gasteiger partial charge in [0.05, 0.1) is 21.3 Å². The van der Waals surface area contributed by atoms with Gasteiger partial charge in [0.1, 0.15) is 6.04 Å². The quantitative estimate of drug-likeness (QED) is 0.802. The molecule has 0 heterocycles. The van der Waals surface area contributed by atoms with E-state index in [0.29, 0.717) is 23.3 Å². The number of ether oxygens (including phenoxy) is 3. The Labute approximate surface area is 124 Å². The summed E-state index contributed by atoms with van der Waals surface area (Å²) in [6.07, 6.45) is 2.14. The van der Waals surface area contributed by atoms with Crippen LogP contribution in [0.4, 0.5) is 5.69 Å². The molecule has 1 unspecified atom stereocenters. The predicted octanol–water partition coefficient (Wildman–Crippen LogP) is 1.79. The highest BCUT2D eigenvalue weighted by Crippen LogP contribution is 2.40. The second kappa shape index (κ2) is 6.56. The maximum atomic E-state index is 12.0. The summed E-state index contributed by atoms with van der Waals surface area (Å²) >= 11 is 0. The summed E-state index contributed by atoms with van der Waals surface area (Å²) in [4.78, 5) is 12.0. The van der Waals surface area contributed by atoms with Gasteiger partial charge in [-0.15, -0.1) is 0 Å². The lowest BCUT2D eigenvalue weighted by Gasteiger charge is -2.18. The van der Waals surface area contributed by atoms with Gasteiger partial charge in [-0.2, -0.15) is 0 Å². The second-order valence-corrected chi connectivity index (χ2v) is 5.06. The summed E-state index contributed by atoms with van der Waals surface area (Å²) < 4.78 is 15.9. The monoisotopic (exact) mass is 294 g/mol. The Morgan fingerprint density at radius 1 is 1.14 bits per heavy atom. The molecule has 116 valence electrons. The van der Waals surface area contributed by atoms with E-state index in [2.05, 4.69) is 10.6 Å². The maximum Gasteiger partial charge on any atom is 0.242 e. The van der Waals surface area contributed by atoms with Crippen LogP contribution >= 0.6 is 0 Å². The van der Waals surface area contributed by atoms with Gasteiger partial charge in [-0.05, 0) is 19.8 Å². The standard InChI is InChI=1S/C15H22N2O4/c1-9(15(18)17-10-5-6-10)16-11-7-12(19-2)14(21-4)13(8-11)20-3/h7-10,16H,5-6H2,1-4H3,(H,17,18). The Bertz CT molecular complexity index is 489. The van der Waals surface area contributed by atoms with Gasteiger partial charge in [0.15, 0.2) is 11.5 Å². The smallest absolute Gasteiger partial charge is 0.242 e. The molecule has 2 rings (SSSR count). The minimum atomic E-state index is -0.339. The Kier molecular flexibility index (Phi) is 4.77. The van der Waals surface area contributed by atoms with E-state index in [4.69, 9.17) is 14.2 Å². The molecule has 1 amide bonds. The zero-order chi connectivity index (χ0) is 15.4. The lowest BCUT2D eigenvalue weighted by atomic mass is 10.2. The maximum absolute atomic E-state index is 12.0. The summed E-state index contributed by atoms with van der Waals surface area (Å²) in [5, 5.41) is 6.11. The Morgan fingerprint density at radius 3 is 2.14 bits per heavy atom. The summed E-state index contributed by atoms with van der Waals surface area (Å²) in [6.45, 7) is 1.82. The first kappa shape index (κ1) is 15.3. The van der Waals surface area contributed by atoms with E-state index in [1.165, 1.54) is 0 Å². The topological polar surface area (TPSA) is 68.8 Å². The molecule has 6 heteroatoms. The fourth-order valence-corrected chi connectivity index (χ4v) is 2.03. The summed E-state index contributed by atoms with van der Waals surface area (Å²) in [5.41, 5.74) is 0.739. The molecule has 0 radical (unpaired) electrons. The molecule has 0 aliphatic heterocycles. The summed E-state index contributed by atoms with van der Waals surface area (Å²) in [7, 11) is 4.67. The van der Waals surface area contributed by atoms with Crippen molar-refractivity contribution in [2.24, 2.45) is 0 Å². The van der Waals surface area contributed by atoms with Gasteiger partial charge in [-0.1, -0.05) is 0 Å². The van der Waals surface area contributed by atoms with Crippen molar-refractivity contribution in [1.82, 2.24) is 5.32 Å². The number of nitrogens with one attached hydrogen (secondary N) is 2. The number of rotatable bonds is 7. The highest BCUT2D eigenvalue weighted by molar-refractivity contribution is 5.85. The van der Waals surface area contributed by atoms with Gasteiger partial charge < -0.3 is 24.8 Å². The number of carbonyl (C=O) groups excluding carboxylic acids is 1. The van der Waals surface area contributed by atoms with Crippen LogP contribution in [0.2, 0.25) is 0 Å². The number of hydrogen-bond acceptors (Lipinski definition) is 5. The van der Waals surface area contributed by atoms with Crippen molar-refractivity contribution < 1.29 is 19.0 Å². The minimum Gasteiger partial charge on any atom is -0.493 e. The van der Waals surface area contributed by atoms with Gasteiger partial charge >= 0.3 is 0 Å². The van der Waals surface area contributed by atoms with Crippen LogP contribution in [0.25, 0.3) is 0 Å². The number of carbonyl (C=O) groups is 1. The molecule has 21 heavy (non-hydrogen) atoms. The van der Waals surface area contributed by atoms with Crippen molar-refractivity contribution >= 4 is 11.6 Å². The molecule has 0 spiro atoms. The molecule has 0 aromatic heterocycles. The highest BCUT2D eigenvalue weighted by atomic mass is 16.5. The Morgan fingerprint density at radius 2 is 1.71 bits per heavy atom. The molecule has 1 atom stereocenters. The van der Waals surface area contributed by atoms with Crippen LogP contribution in [0.15, 0.2) is 12.1 Å². The summed E-state index contributed by atoms with van der Waals surface area (Å²) in [6, 6.07) is 3.57. The van der Waals surface area contributed by atoms with Gasteiger partial charge in [-0.3, -0.25) is 4.79 Å².